The number of aliphatic carboxylic acids is 1. The number of rotatable bonds is 8. The van der Waals surface area contributed by atoms with E-state index in [0.717, 1.165) is 0 Å². The monoisotopic (exact) mass is 233 g/mol. The second-order valence-corrected chi connectivity index (χ2v) is 4.54. The predicted molar refractivity (Wildman–Crippen MR) is 61.6 cm³/mol. The summed E-state index contributed by atoms with van der Waals surface area (Å²) in [5.41, 5.74) is -0.155. The SMILES string of the molecule is CNC(CCOCCOC(C)(C)C)C(=O)O. The van der Waals surface area contributed by atoms with Crippen LogP contribution in [-0.4, -0.2) is 49.6 Å². The van der Waals surface area contributed by atoms with E-state index in [9.17, 15) is 4.79 Å². The van der Waals surface area contributed by atoms with Gasteiger partial charge in [0.15, 0.2) is 0 Å². The number of carboxylic acids is 1. The maximum Gasteiger partial charge on any atom is 0.320 e. The number of hydrogen-bond donors (Lipinski definition) is 2. The second kappa shape index (κ2) is 7.60. The van der Waals surface area contributed by atoms with Crippen molar-refractivity contribution in [1.82, 2.24) is 5.32 Å². The van der Waals surface area contributed by atoms with Gasteiger partial charge in [0.1, 0.15) is 6.04 Å². The molecule has 5 nitrogen and oxygen atoms in total. The molecule has 0 aliphatic rings. The molecule has 0 aromatic rings. The van der Waals surface area contributed by atoms with Crippen molar-refractivity contribution in [3.05, 3.63) is 0 Å². The molecule has 0 aromatic carbocycles. The largest absolute Gasteiger partial charge is 0.480 e. The van der Waals surface area contributed by atoms with Gasteiger partial charge in [0.25, 0.3) is 0 Å². The molecule has 1 unspecified atom stereocenters. The van der Waals surface area contributed by atoms with Gasteiger partial charge in [-0.2, -0.15) is 0 Å². The molecule has 1 atom stereocenters. The van der Waals surface area contributed by atoms with E-state index < -0.39 is 12.0 Å². The minimum Gasteiger partial charge on any atom is -0.480 e. The fourth-order valence-corrected chi connectivity index (χ4v) is 1.10. The molecule has 0 rings (SSSR count). The van der Waals surface area contributed by atoms with Gasteiger partial charge in [0.2, 0.25) is 0 Å². The molecule has 0 aliphatic heterocycles. The maximum atomic E-state index is 10.6. The van der Waals surface area contributed by atoms with Gasteiger partial charge >= 0.3 is 5.97 Å². The number of nitrogens with one attached hydrogen (secondary N) is 1. The third-order valence-electron chi connectivity index (χ3n) is 1.96. The van der Waals surface area contributed by atoms with Gasteiger partial charge in [-0.05, 0) is 34.2 Å². The predicted octanol–water partition coefficient (Wildman–Crippen LogP) is 0.881. The first-order valence-electron chi connectivity index (χ1n) is 5.48. The third kappa shape index (κ3) is 8.64. The average Bonchev–Trinajstić information content (AvgIpc) is 2.14. The Labute approximate surface area is 97.1 Å². The van der Waals surface area contributed by atoms with E-state index in [0.29, 0.717) is 26.2 Å². The first-order chi connectivity index (χ1) is 7.37. The van der Waals surface area contributed by atoms with E-state index in [1.807, 2.05) is 20.8 Å². The molecule has 0 heterocycles. The molecule has 0 saturated heterocycles. The fraction of sp³-hybridized carbons (Fsp3) is 0.909. The number of likely N-dealkylation sites (N-methyl/N-ethyl adjacent to an activating group) is 1. The molecular formula is C11H23NO4. The highest BCUT2D eigenvalue weighted by Crippen LogP contribution is 2.05. The lowest BCUT2D eigenvalue weighted by Gasteiger charge is -2.19. The lowest BCUT2D eigenvalue weighted by molar-refractivity contribution is -0.139. The van der Waals surface area contributed by atoms with Crippen LogP contribution in [0.5, 0.6) is 0 Å². The van der Waals surface area contributed by atoms with E-state index >= 15 is 0 Å². The Morgan fingerprint density at radius 3 is 2.38 bits per heavy atom. The molecule has 0 fully saturated rings. The molecule has 0 radical (unpaired) electrons. The van der Waals surface area contributed by atoms with Crippen LogP contribution in [0.15, 0.2) is 0 Å². The van der Waals surface area contributed by atoms with Gasteiger partial charge < -0.3 is 19.9 Å². The van der Waals surface area contributed by atoms with Gasteiger partial charge in [0.05, 0.1) is 18.8 Å². The van der Waals surface area contributed by atoms with Crippen LogP contribution in [0.1, 0.15) is 27.2 Å². The number of ether oxygens (including phenoxy) is 2. The summed E-state index contributed by atoms with van der Waals surface area (Å²) < 4.78 is 10.7. The van der Waals surface area contributed by atoms with Gasteiger partial charge in [-0.15, -0.1) is 0 Å². The average molecular weight is 233 g/mol. The highest BCUT2D eigenvalue weighted by molar-refractivity contribution is 5.73. The van der Waals surface area contributed by atoms with Crippen molar-refractivity contribution in [3.63, 3.8) is 0 Å². The van der Waals surface area contributed by atoms with Crippen LogP contribution in [0.2, 0.25) is 0 Å². The summed E-state index contributed by atoms with van der Waals surface area (Å²) in [7, 11) is 1.63. The lowest BCUT2D eigenvalue weighted by atomic mass is 10.2. The zero-order chi connectivity index (χ0) is 12.6. The van der Waals surface area contributed by atoms with Crippen molar-refractivity contribution < 1.29 is 19.4 Å². The molecular weight excluding hydrogens is 210 g/mol. The molecule has 0 aliphatic carbocycles. The summed E-state index contributed by atoms with van der Waals surface area (Å²) in [5, 5.41) is 11.4. The van der Waals surface area contributed by atoms with Crippen molar-refractivity contribution in [3.8, 4) is 0 Å². The Kier molecular flexibility index (Phi) is 7.29. The van der Waals surface area contributed by atoms with E-state index in [2.05, 4.69) is 5.32 Å². The molecule has 2 N–H and O–H groups in total. The lowest BCUT2D eigenvalue weighted by Crippen LogP contribution is -2.35. The van der Waals surface area contributed by atoms with Crippen molar-refractivity contribution in [2.45, 2.75) is 38.8 Å². The molecule has 0 bridgehead atoms. The summed E-state index contributed by atoms with van der Waals surface area (Å²) in [6.07, 6.45) is 0.460. The first-order valence-corrected chi connectivity index (χ1v) is 5.48. The molecule has 0 saturated carbocycles. The third-order valence-corrected chi connectivity index (χ3v) is 1.96. The Morgan fingerprint density at radius 2 is 1.94 bits per heavy atom. The van der Waals surface area contributed by atoms with Crippen LogP contribution in [0, 0.1) is 0 Å². The summed E-state index contributed by atoms with van der Waals surface area (Å²) in [6.45, 7) is 7.39. The van der Waals surface area contributed by atoms with Crippen molar-refractivity contribution in [2.75, 3.05) is 26.9 Å². The molecule has 16 heavy (non-hydrogen) atoms. The molecule has 96 valence electrons. The first kappa shape index (κ1) is 15.3. The van der Waals surface area contributed by atoms with Crippen molar-refractivity contribution in [2.24, 2.45) is 0 Å². The summed E-state index contributed by atoms with van der Waals surface area (Å²) in [6, 6.07) is -0.538. The smallest absolute Gasteiger partial charge is 0.320 e. The Balaban J connectivity index is 3.43. The molecule has 0 aromatic heterocycles. The Morgan fingerprint density at radius 1 is 1.31 bits per heavy atom. The van der Waals surface area contributed by atoms with Crippen LogP contribution in [0.3, 0.4) is 0 Å². The highest BCUT2D eigenvalue weighted by atomic mass is 16.5. The fourth-order valence-electron chi connectivity index (χ4n) is 1.10. The quantitative estimate of drug-likeness (QED) is 0.609. The normalized spacial score (nSPS) is 13.8. The highest BCUT2D eigenvalue weighted by Gasteiger charge is 2.14. The standard InChI is InChI=1S/C11H23NO4/c1-11(2,3)16-8-7-15-6-5-9(12-4)10(13)14/h9,12H,5-8H2,1-4H3,(H,13,14). The Hall–Kier alpha value is -0.650. The minimum absolute atomic E-state index is 0.155. The van der Waals surface area contributed by atoms with Gasteiger partial charge in [0, 0.05) is 6.61 Å². The van der Waals surface area contributed by atoms with E-state index in [1.54, 1.807) is 7.05 Å². The molecule has 0 amide bonds. The van der Waals surface area contributed by atoms with Crippen LogP contribution in [0.25, 0.3) is 0 Å². The van der Waals surface area contributed by atoms with Gasteiger partial charge in [-0.25, -0.2) is 0 Å². The number of carboxylic acid groups (broad SMARTS) is 1. The number of carbonyl (C=O) groups is 1. The Bertz CT molecular complexity index is 201. The van der Waals surface area contributed by atoms with Crippen LogP contribution in [-0.2, 0) is 14.3 Å². The summed E-state index contributed by atoms with van der Waals surface area (Å²) >= 11 is 0. The molecule has 5 heteroatoms. The topological polar surface area (TPSA) is 67.8 Å². The van der Waals surface area contributed by atoms with Crippen molar-refractivity contribution >= 4 is 5.97 Å². The second-order valence-electron chi connectivity index (χ2n) is 4.54. The van der Waals surface area contributed by atoms with Crippen LogP contribution < -0.4 is 5.32 Å². The van der Waals surface area contributed by atoms with Crippen LogP contribution >= 0.6 is 0 Å². The minimum atomic E-state index is -0.850. The van der Waals surface area contributed by atoms with E-state index in [1.165, 1.54) is 0 Å². The van der Waals surface area contributed by atoms with Crippen molar-refractivity contribution in [1.29, 1.82) is 0 Å². The maximum absolute atomic E-state index is 10.6. The summed E-state index contributed by atoms with van der Waals surface area (Å²) in [4.78, 5) is 10.6. The van der Waals surface area contributed by atoms with E-state index in [-0.39, 0.29) is 5.60 Å². The van der Waals surface area contributed by atoms with Gasteiger partial charge in [-0.3, -0.25) is 4.79 Å². The zero-order valence-electron chi connectivity index (χ0n) is 10.6. The van der Waals surface area contributed by atoms with Crippen LogP contribution in [0.4, 0.5) is 0 Å². The van der Waals surface area contributed by atoms with E-state index in [4.69, 9.17) is 14.6 Å². The van der Waals surface area contributed by atoms with Gasteiger partial charge in [-0.1, -0.05) is 0 Å². The number of hydrogen-bond acceptors (Lipinski definition) is 4. The summed E-state index contributed by atoms with van der Waals surface area (Å²) in [5.74, 6) is -0.850. The zero-order valence-corrected chi connectivity index (χ0v) is 10.6. The molecule has 0 spiro atoms.